The zero-order valence-corrected chi connectivity index (χ0v) is 9.61. The third-order valence-corrected chi connectivity index (χ3v) is 2.82. The lowest BCUT2D eigenvalue weighted by molar-refractivity contribution is 0.643. The van der Waals surface area contributed by atoms with Gasteiger partial charge in [-0.05, 0) is 30.2 Å². The van der Waals surface area contributed by atoms with Gasteiger partial charge >= 0.3 is 0 Å². The van der Waals surface area contributed by atoms with Crippen molar-refractivity contribution < 1.29 is 0 Å². The normalized spacial score (nSPS) is 13.9. The van der Waals surface area contributed by atoms with Crippen LogP contribution in [-0.2, 0) is 13.0 Å². The fraction of sp³-hybridized carbons (Fsp3) is 0.385. The van der Waals surface area contributed by atoms with Gasteiger partial charge in [-0.25, -0.2) is 0 Å². The molecule has 1 heterocycles. The van der Waals surface area contributed by atoms with Crippen molar-refractivity contribution in [1.29, 1.82) is 0 Å². The molecule has 0 bridgehead atoms. The van der Waals surface area contributed by atoms with Gasteiger partial charge in [-0.15, -0.1) is 0 Å². The van der Waals surface area contributed by atoms with E-state index in [-0.39, 0.29) is 0 Å². The molecule has 0 atom stereocenters. The maximum atomic E-state index is 4.15. The molecule has 15 heavy (non-hydrogen) atoms. The van der Waals surface area contributed by atoms with E-state index >= 15 is 0 Å². The van der Waals surface area contributed by atoms with Crippen molar-refractivity contribution in [2.24, 2.45) is 0 Å². The molecule has 78 valence electrons. The first-order chi connectivity index (χ1) is 7.42. The Kier molecular flexibility index (Phi) is 3.71. The van der Waals surface area contributed by atoms with Crippen molar-refractivity contribution in [3.8, 4) is 11.8 Å². The average Bonchev–Trinajstić information content (AvgIpc) is 2.30. The summed E-state index contributed by atoms with van der Waals surface area (Å²) < 4.78 is 0. The van der Waals surface area contributed by atoms with Crippen LogP contribution < -0.4 is 5.32 Å². The second-order valence-corrected chi connectivity index (χ2v) is 4.09. The predicted molar refractivity (Wildman–Crippen MR) is 67.2 cm³/mol. The number of benzene rings is 1. The van der Waals surface area contributed by atoms with Gasteiger partial charge in [-0.1, -0.05) is 24.0 Å². The van der Waals surface area contributed by atoms with Crippen LogP contribution in [0.1, 0.15) is 23.1 Å². The van der Waals surface area contributed by atoms with E-state index in [4.69, 9.17) is 0 Å². The standard InChI is InChI=1S/C13H15NS/c15-9-2-1-4-11-5-3-6-12-10-14-8-7-13(11)12/h3,5-6,14-15H,2,7-10H2. The highest BCUT2D eigenvalue weighted by Crippen LogP contribution is 2.17. The zero-order chi connectivity index (χ0) is 10.5. The van der Waals surface area contributed by atoms with Gasteiger partial charge in [-0.2, -0.15) is 12.6 Å². The summed E-state index contributed by atoms with van der Waals surface area (Å²) in [6.45, 7) is 2.05. The molecule has 0 saturated heterocycles. The Morgan fingerprint density at radius 2 is 2.33 bits per heavy atom. The van der Waals surface area contributed by atoms with Gasteiger partial charge in [0.1, 0.15) is 0 Å². The highest BCUT2D eigenvalue weighted by atomic mass is 32.1. The van der Waals surface area contributed by atoms with E-state index in [9.17, 15) is 0 Å². The van der Waals surface area contributed by atoms with Crippen LogP contribution in [0, 0.1) is 11.8 Å². The molecule has 1 aliphatic rings. The van der Waals surface area contributed by atoms with E-state index in [0.29, 0.717) is 0 Å². The molecule has 0 aromatic heterocycles. The van der Waals surface area contributed by atoms with Gasteiger partial charge in [-0.3, -0.25) is 0 Å². The van der Waals surface area contributed by atoms with E-state index < -0.39 is 0 Å². The summed E-state index contributed by atoms with van der Waals surface area (Å²) in [4.78, 5) is 0. The van der Waals surface area contributed by atoms with Gasteiger partial charge in [0.25, 0.3) is 0 Å². The first-order valence-electron chi connectivity index (χ1n) is 5.33. The lowest BCUT2D eigenvalue weighted by atomic mass is 9.96. The van der Waals surface area contributed by atoms with E-state index in [0.717, 1.165) is 31.7 Å². The van der Waals surface area contributed by atoms with E-state index in [1.165, 1.54) is 16.7 Å². The molecule has 2 rings (SSSR count). The van der Waals surface area contributed by atoms with Crippen molar-refractivity contribution in [3.63, 3.8) is 0 Å². The molecule has 0 radical (unpaired) electrons. The molecule has 1 aromatic rings. The summed E-state index contributed by atoms with van der Waals surface area (Å²) in [5.74, 6) is 7.24. The highest BCUT2D eigenvalue weighted by Gasteiger charge is 2.10. The highest BCUT2D eigenvalue weighted by molar-refractivity contribution is 7.80. The molecule has 2 heteroatoms. The van der Waals surface area contributed by atoms with Crippen molar-refractivity contribution in [2.75, 3.05) is 12.3 Å². The van der Waals surface area contributed by atoms with Crippen molar-refractivity contribution in [2.45, 2.75) is 19.4 Å². The van der Waals surface area contributed by atoms with E-state index in [2.05, 4.69) is 48.0 Å². The van der Waals surface area contributed by atoms with Gasteiger partial charge < -0.3 is 5.32 Å². The van der Waals surface area contributed by atoms with Crippen LogP contribution in [0.25, 0.3) is 0 Å². The Balaban J connectivity index is 2.28. The average molecular weight is 217 g/mol. The molecule has 0 fully saturated rings. The van der Waals surface area contributed by atoms with Crippen molar-refractivity contribution in [3.05, 3.63) is 34.9 Å². The molecule has 0 unspecified atom stereocenters. The van der Waals surface area contributed by atoms with Gasteiger partial charge in [0.2, 0.25) is 0 Å². The zero-order valence-electron chi connectivity index (χ0n) is 8.71. The fourth-order valence-electron chi connectivity index (χ4n) is 1.86. The van der Waals surface area contributed by atoms with Crippen molar-refractivity contribution >= 4 is 12.6 Å². The maximum absolute atomic E-state index is 4.15. The first kappa shape index (κ1) is 10.6. The fourth-order valence-corrected chi connectivity index (χ4v) is 1.97. The van der Waals surface area contributed by atoms with Gasteiger partial charge in [0.15, 0.2) is 0 Å². The van der Waals surface area contributed by atoms with Crippen LogP contribution >= 0.6 is 12.6 Å². The van der Waals surface area contributed by atoms with E-state index in [1.807, 2.05) is 0 Å². The monoisotopic (exact) mass is 217 g/mol. The molecule has 1 nitrogen and oxygen atoms in total. The lowest BCUT2D eigenvalue weighted by Crippen LogP contribution is -2.24. The van der Waals surface area contributed by atoms with Crippen molar-refractivity contribution in [1.82, 2.24) is 5.32 Å². The Morgan fingerprint density at radius 3 is 3.20 bits per heavy atom. The minimum absolute atomic E-state index is 0.837. The number of hydrogen-bond acceptors (Lipinski definition) is 2. The maximum Gasteiger partial charge on any atom is 0.0280 e. The number of nitrogens with one attached hydrogen (secondary N) is 1. The molecular weight excluding hydrogens is 202 g/mol. The first-order valence-corrected chi connectivity index (χ1v) is 5.96. The Hall–Kier alpha value is -0.910. The molecule has 0 saturated carbocycles. The number of hydrogen-bond donors (Lipinski definition) is 2. The number of rotatable bonds is 1. The third-order valence-electron chi connectivity index (χ3n) is 2.60. The smallest absolute Gasteiger partial charge is 0.0280 e. The summed E-state index contributed by atoms with van der Waals surface area (Å²) >= 11 is 4.15. The summed E-state index contributed by atoms with van der Waals surface area (Å²) in [6.07, 6.45) is 1.96. The quantitative estimate of drug-likeness (QED) is 0.541. The lowest BCUT2D eigenvalue weighted by Gasteiger charge is -2.18. The SMILES string of the molecule is SCCC#Cc1cccc2c1CCNC2. The Bertz CT molecular complexity index is 401. The Labute approximate surface area is 96.7 Å². The predicted octanol–water partition coefficient (Wildman–Crippen LogP) is 2.00. The molecule has 0 aliphatic carbocycles. The minimum Gasteiger partial charge on any atom is -0.312 e. The van der Waals surface area contributed by atoms with E-state index in [1.54, 1.807) is 0 Å². The van der Waals surface area contributed by atoms with Crippen LogP contribution in [0.5, 0.6) is 0 Å². The third kappa shape index (κ3) is 2.56. The van der Waals surface area contributed by atoms with Crippen LogP contribution in [0.15, 0.2) is 18.2 Å². The molecule has 0 amide bonds. The van der Waals surface area contributed by atoms with Crippen LogP contribution in [0.2, 0.25) is 0 Å². The summed E-state index contributed by atoms with van der Waals surface area (Å²) in [7, 11) is 0. The minimum atomic E-state index is 0.837. The summed E-state index contributed by atoms with van der Waals surface area (Å²) in [6, 6.07) is 6.40. The number of thiol groups is 1. The number of fused-ring (bicyclic) bond motifs is 1. The molecule has 1 aliphatic heterocycles. The second kappa shape index (κ2) is 5.25. The largest absolute Gasteiger partial charge is 0.312 e. The topological polar surface area (TPSA) is 12.0 Å². The molecule has 1 aromatic carbocycles. The van der Waals surface area contributed by atoms with Crippen LogP contribution in [0.3, 0.4) is 0 Å². The van der Waals surface area contributed by atoms with Gasteiger partial charge in [0, 0.05) is 24.3 Å². The van der Waals surface area contributed by atoms with Crippen LogP contribution in [-0.4, -0.2) is 12.3 Å². The Morgan fingerprint density at radius 1 is 1.40 bits per heavy atom. The molecular formula is C13H15NS. The summed E-state index contributed by atoms with van der Waals surface area (Å²) in [5, 5.41) is 3.38. The molecule has 1 N–H and O–H groups in total. The second-order valence-electron chi connectivity index (χ2n) is 3.65. The molecule has 0 spiro atoms. The van der Waals surface area contributed by atoms with Gasteiger partial charge in [0.05, 0.1) is 0 Å². The summed E-state index contributed by atoms with van der Waals surface area (Å²) in [5.41, 5.74) is 4.04. The van der Waals surface area contributed by atoms with Crippen LogP contribution in [0.4, 0.5) is 0 Å².